The standard InChI is InChI=1S/C21H28N16O12/c1-35(19(47)11(27-32-23)3-7-15(40)41)37(21(49)13(29-34-25)5-9-17(44)45)36(20(48)12(28-33-24)4-8-16(42)43)30-18(46)10(26-31-22)2-6-14(38)39/h10-13H,2-9H2,1H3,(H,30,46)(H,38,39)(H,40,41)(H,42,43)(H,44,45)/t10-,11-,12-,13-/m0/s1. The summed E-state index contributed by atoms with van der Waals surface area (Å²) < 4.78 is 0. The summed E-state index contributed by atoms with van der Waals surface area (Å²) >= 11 is 0. The SMILES string of the molecule is CN(C(=O)[C@H](CCC(=O)O)N=[N+]=[N-])N(C(=O)[C@H](CCC(=O)O)N=[N+]=[N-])N(NC(=O)[C@H](CCC(=O)O)N=[N+]=[N-])C(=O)[C@H](CCC(=O)O)N=[N+]=[N-]. The van der Waals surface area contributed by atoms with Crippen molar-refractivity contribution in [3.05, 3.63) is 41.8 Å². The lowest BCUT2D eigenvalue weighted by Gasteiger charge is -2.41. The summed E-state index contributed by atoms with van der Waals surface area (Å²) in [5, 5.41) is 48.8. The molecule has 0 spiro atoms. The summed E-state index contributed by atoms with van der Waals surface area (Å²) in [6.45, 7) is 0. The Morgan fingerprint density at radius 1 is 0.551 bits per heavy atom. The molecule has 5 N–H and O–H groups in total. The molecule has 4 amide bonds. The van der Waals surface area contributed by atoms with Crippen LogP contribution in [0.5, 0.6) is 0 Å². The van der Waals surface area contributed by atoms with Gasteiger partial charge in [0.2, 0.25) is 5.91 Å². The number of carbonyl (C=O) groups excluding carboxylic acids is 4. The van der Waals surface area contributed by atoms with Crippen molar-refractivity contribution >= 4 is 47.5 Å². The molecule has 0 aliphatic carbocycles. The number of carboxylic acids is 4. The van der Waals surface area contributed by atoms with Gasteiger partial charge in [-0.1, -0.05) is 20.5 Å². The van der Waals surface area contributed by atoms with Gasteiger partial charge in [-0.2, -0.15) is 0 Å². The molecule has 0 rings (SSSR count). The first-order valence-corrected chi connectivity index (χ1v) is 13.4. The summed E-state index contributed by atoms with van der Waals surface area (Å²) in [4.78, 5) is 109. The first kappa shape index (κ1) is 42.0. The quantitative estimate of drug-likeness (QED) is 0.0517. The summed E-state index contributed by atoms with van der Waals surface area (Å²) in [5.41, 5.74) is 37.8. The molecule has 0 heterocycles. The second-order valence-corrected chi connectivity index (χ2v) is 9.23. The Morgan fingerprint density at radius 3 is 1.20 bits per heavy atom. The highest BCUT2D eigenvalue weighted by Crippen LogP contribution is 2.18. The Hall–Kier alpha value is -7.00. The van der Waals surface area contributed by atoms with Gasteiger partial charge in [-0.15, -0.1) is 10.2 Å². The molecular formula is C21H28N16O12. The van der Waals surface area contributed by atoms with Crippen LogP contribution in [0.25, 0.3) is 41.8 Å². The fourth-order valence-electron chi connectivity index (χ4n) is 3.56. The Balaban J connectivity index is 7.66. The van der Waals surface area contributed by atoms with E-state index in [1.807, 2.05) is 0 Å². The lowest BCUT2D eigenvalue weighted by Crippen LogP contribution is -2.68. The Kier molecular flexibility index (Phi) is 18.6. The highest BCUT2D eigenvalue weighted by atomic mass is 16.4. The molecule has 49 heavy (non-hydrogen) atoms. The zero-order chi connectivity index (χ0) is 37.7. The molecule has 0 saturated carbocycles. The van der Waals surface area contributed by atoms with Crippen LogP contribution in [-0.4, -0.2) is 114 Å². The van der Waals surface area contributed by atoms with Gasteiger partial charge >= 0.3 is 23.9 Å². The van der Waals surface area contributed by atoms with Gasteiger partial charge < -0.3 is 20.4 Å². The number of amides is 4. The molecule has 28 nitrogen and oxygen atoms in total. The maximum Gasteiger partial charge on any atom is 0.303 e. The zero-order valence-electron chi connectivity index (χ0n) is 25.2. The van der Waals surface area contributed by atoms with Crippen LogP contribution in [0.4, 0.5) is 0 Å². The molecular weight excluding hydrogens is 668 g/mol. The maximum atomic E-state index is 13.9. The predicted octanol–water partition coefficient (Wildman–Crippen LogP) is 1.14. The van der Waals surface area contributed by atoms with E-state index in [4.69, 9.17) is 42.6 Å². The highest BCUT2D eigenvalue weighted by Gasteiger charge is 2.41. The largest absolute Gasteiger partial charge is 0.481 e. The van der Waals surface area contributed by atoms with Gasteiger partial charge in [0.1, 0.15) is 24.2 Å². The number of azide groups is 4. The van der Waals surface area contributed by atoms with Gasteiger partial charge in [0.25, 0.3) is 17.7 Å². The smallest absolute Gasteiger partial charge is 0.303 e. The van der Waals surface area contributed by atoms with E-state index >= 15 is 0 Å². The molecule has 0 aromatic rings. The van der Waals surface area contributed by atoms with Gasteiger partial charge in [0.15, 0.2) is 0 Å². The predicted molar refractivity (Wildman–Crippen MR) is 154 cm³/mol. The average Bonchev–Trinajstić information content (AvgIpc) is 3.03. The number of carbonyl (C=O) groups is 8. The van der Waals surface area contributed by atoms with E-state index < -0.39 is 123 Å². The van der Waals surface area contributed by atoms with E-state index in [-0.39, 0.29) is 15.2 Å². The number of hydrazine groups is 3. The molecule has 0 aromatic carbocycles. The van der Waals surface area contributed by atoms with Crippen LogP contribution in [-0.2, 0) is 38.4 Å². The second kappa shape index (κ2) is 21.7. The topological polar surface area (TPSA) is 434 Å². The number of carboxylic acid groups (broad SMARTS) is 4. The van der Waals surface area contributed by atoms with Crippen LogP contribution in [0, 0.1) is 0 Å². The maximum absolute atomic E-state index is 13.9. The molecule has 0 aliphatic heterocycles. The Morgan fingerprint density at radius 2 is 0.857 bits per heavy atom. The summed E-state index contributed by atoms with van der Waals surface area (Å²) in [7, 11) is 0.687. The first-order chi connectivity index (χ1) is 23.0. The van der Waals surface area contributed by atoms with Crippen molar-refractivity contribution in [1.82, 2.24) is 20.7 Å². The molecule has 0 saturated heterocycles. The molecule has 0 aromatic heterocycles. The zero-order valence-corrected chi connectivity index (χ0v) is 25.2. The van der Waals surface area contributed by atoms with Crippen LogP contribution >= 0.6 is 0 Å². The van der Waals surface area contributed by atoms with E-state index in [0.29, 0.717) is 7.05 Å². The summed E-state index contributed by atoms with van der Waals surface area (Å²) in [6, 6.07) is -8.14. The van der Waals surface area contributed by atoms with Crippen molar-refractivity contribution in [2.45, 2.75) is 75.5 Å². The number of hydrogen-bond donors (Lipinski definition) is 5. The van der Waals surface area contributed by atoms with Crippen LogP contribution in [0.15, 0.2) is 20.5 Å². The average molecular weight is 697 g/mol. The second-order valence-electron chi connectivity index (χ2n) is 9.23. The van der Waals surface area contributed by atoms with E-state index in [9.17, 15) is 38.4 Å². The fourth-order valence-corrected chi connectivity index (χ4v) is 3.56. The van der Waals surface area contributed by atoms with Crippen LogP contribution < -0.4 is 5.43 Å². The van der Waals surface area contributed by atoms with Crippen molar-refractivity contribution in [1.29, 1.82) is 0 Å². The normalized spacial score (nSPS) is 12.3. The van der Waals surface area contributed by atoms with Gasteiger partial charge in [-0.25, -0.2) is 10.4 Å². The van der Waals surface area contributed by atoms with E-state index in [1.54, 1.807) is 5.43 Å². The minimum absolute atomic E-state index is 0.102. The lowest BCUT2D eigenvalue weighted by molar-refractivity contribution is -0.216. The van der Waals surface area contributed by atoms with Crippen molar-refractivity contribution in [2.75, 3.05) is 7.05 Å². The minimum Gasteiger partial charge on any atom is -0.481 e. The van der Waals surface area contributed by atoms with Crippen LogP contribution in [0.3, 0.4) is 0 Å². The molecule has 0 aliphatic rings. The molecule has 0 unspecified atom stereocenters. The molecule has 0 fully saturated rings. The summed E-state index contributed by atoms with van der Waals surface area (Å²) in [5.74, 6) is -12.4. The number of hydrogen-bond acceptors (Lipinski definition) is 12. The number of aliphatic carboxylic acids is 4. The van der Waals surface area contributed by atoms with Crippen LogP contribution in [0.1, 0.15) is 51.4 Å². The van der Waals surface area contributed by atoms with Crippen LogP contribution in [0.2, 0.25) is 0 Å². The van der Waals surface area contributed by atoms with E-state index in [1.165, 1.54) is 0 Å². The number of rotatable bonds is 20. The van der Waals surface area contributed by atoms with E-state index in [2.05, 4.69) is 40.1 Å². The Bertz CT molecular complexity index is 1500. The molecule has 4 atom stereocenters. The summed E-state index contributed by atoms with van der Waals surface area (Å²) in [6.07, 6.45) is -6.38. The number of nitrogens with zero attached hydrogens (tertiary/aromatic N) is 15. The molecule has 0 bridgehead atoms. The van der Waals surface area contributed by atoms with Crippen molar-refractivity contribution < 1.29 is 58.8 Å². The van der Waals surface area contributed by atoms with Gasteiger partial charge in [-0.3, -0.25) is 38.4 Å². The number of nitrogens with one attached hydrogen (secondary N) is 1. The lowest BCUT2D eigenvalue weighted by atomic mass is 10.1. The minimum atomic E-state index is -2.12. The molecule has 0 radical (unpaired) electrons. The molecule has 264 valence electrons. The number of likely N-dealkylation sites (N-methyl/N-ethyl adjacent to an activating group) is 1. The monoisotopic (exact) mass is 696 g/mol. The third-order valence-electron chi connectivity index (χ3n) is 5.86. The first-order valence-electron chi connectivity index (χ1n) is 13.4. The van der Waals surface area contributed by atoms with Crippen molar-refractivity contribution in [3.8, 4) is 0 Å². The van der Waals surface area contributed by atoms with Gasteiger partial charge in [0, 0.05) is 52.4 Å². The third-order valence-corrected chi connectivity index (χ3v) is 5.86. The van der Waals surface area contributed by atoms with Crippen molar-refractivity contribution in [3.63, 3.8) is 0 Å². The highest BCUT2D eigenvalue weighted by molar-refractivity contribution is 5.93. The Labute approximate surface area is 272 Å². The van der Waals surface area contributed by atoms with E-state index in [0.717, 1.165) is 0 Å². The van der Waals surface area contributed by atoms with Gasteiger partial charge in [-0.05, 0) is 47.8 Å². The van der Waals surface area contributed by atoms with Gasteiger partial charge in [0.05, 0.1) is 0 Å². The van der Waals surface area contributed by atoms with Crippen molar-refractivity contribution in [2.24, 2.45) is 20.5 Å². The molecule has 28 heteroatoms. The fraction of sp³-hybridized carbons (Fsp3) is 0.619. The third kappa shape index (κ3) is 14.8.